The first-order valence-corrected chi connectivity index (χ1v) is 11.9. The van der Waals surface area contributed by atoms with Gasteiger partial charge in [0.25, 0.3) is 0 Å². The van der Waals surface area contributed by atoms with Gasteiger partial charge in [-0.1, -0.05) is 55.0 Å². The monoisotopic (exact) mass is 480 g/mol. The number of nitrogens with one attached hydrogen (secondary N) is 2. The molecule has 2 aromatic carbocycles. The van der Waals surface area contributed by atoms with E-state index in [4.69, 9.17) is 9.47 Å². The zero-order valence-electron chi connectivity index (χ0n) is 20.2. The summed E-state index contributed by atoms with van der Waals surface area (Å²) in [5.74, 6) is -1.54. The highest BCUT2D eigenvalue weighted by atomic mass is 16.5. The van der Waals surface area contributed by atoms with Gasteiger partial charge in [-0.05, 0) is 48.9 Å². The van der Waals surface area contributed by atoms with E-state index in [0.717, 1.165) is 22.3 Å². The molecule has 0 aliphatic heterocycles. The molecule has 0 spiro atoms. The lowest BCUT2D eigenvalue weighted by atomic mass is 9.84. The van der Waals surface area contributed by atoms with Crippen molar-refractivity contribution < 1.29 is 29.0 Å². The molecule has 35 heavy (non-hydrogen) atoms. The molecule has 2 aliphatic carbocycles. The number of hydrogen-bond acceptors (Lipinski definition) is 5. The van der Waals surface area contributed by atoms with E-state index in [1.165, 1.54) is 7.11 Å². The highest BCUT2D eigenvalue weighted by Crippen LogP contribution is 2.44. The number of aliphatic carboxylic acids is 1. The number of rotatable bonds is 8. The van der Waals surface area contributed by atoms with Gasteiger partial charge in [0, 0.05) is 19.1 Å². The standard InChI is InChI=1S/C27H32N2O6/c1-16(34-3)23(24(30)28-22-13-8-14-27(22,2)25(31)32)29-26(33)35-15-21-19-11-6-4-9-17(19)18-10-5-7-12-20(18)21/h4-7,9-12,16,21-23H,8,13-15H2,1-3H3,(H,28,30)(H,29,33)(H,31,32). The average Bonchev–Trinajstić information content (AvgIpc) is 3.39. The number of carboxylic acids is 1. The fourth-order valence-corrected chi connectivity index (χ4v) is 5.21. The normalized spacial score (nSPS) is 22.5. The van der Waals surface area contributed by atoms with Crippen LogP contribution in [-0.4, -0.2) is 55.0 Å². The van der Waals surface area contributed by atoms with Gasteiger partial charge in [-0.2, -0.15) is 0 Å². The third-order valence-electron chi connectivity index (χ3n) is 7.50. The average molecular weight is 481 g/mol. The number of carboxylic acid groups (broad SMARTS) is 1. The molecule has 8 heteroatoms. The van der Waals surface area contributed by atoms with Crippen LogP contribution >= 0.6 is 0 Å². The fourth-order valence-electron chi connectivity index (χ4n) is 5.21. The Morgan fingerprint density at radius 3 is 2.26 bits per heavy atom. The SMILES string of the molecule is COC(C)C(NC(=O)OCC1c2ccccc2-c2ccccc21)C(=O)NC1CCCC1(C)C(=O)O. The number of carbonyl (C=O) groups is 3. The molecule has 0 heterocycles. The Morgan fingerprint density at radius 1 is 1.09 bits per heavy atom. The van der Waals surface area contributed by atoms with Crippen LogP contribution in [0.25, 0.3) is 11.1 Å². The summed E-state index contributed by atoms with van der Waals surface area (Å²) in [7, 11) is 1.45. The van der Waals surface area contributed by atoms with Crippen LogP contribution in [0.1, 0.15) is 50.2 Å². The summed E-state index contributed by atoms with van der Waals surface area (Å²) >= 11 is 0. The van der Waals surface area contributed by atoms with E-state index in [0.29, 0.717) is 19.3 Å². The molecule has 8 nitrogen and oxygen atoms in total. The van der Waals surface area contributed by atoms with Crippen LogP contribution in [0, 0.1) is 5.41 Å². The maximum atomic E-state index is 13.1. The van der Waals surface area contributed by atoms with Crippen molar-refractivity contribution >= 4 is 18.0 Å². The number of ether oxygens (including phenoxy) is 2. The topological polar surface area (TPSA) is 114 Å². The van der Waals surface area contributed by atoms with E-state index < -0.39 is 41.6 Å². The Bertz CT molecular complexity index is 1070. The number of hydrogen-bond donors (Lipinski definition) is 3. The predicted molar refractivity (Wildman–Crippen MR) is 130 cm³/mol. The molecule has 0 saturated heterocycles. The largest absolute Gasteiger partial charge is 0.481 e. The predicted octanol–water partition coefficient (Wildman–Crippen LogP) is 3.69. The Morgan fingerprint density at radius 2 is 1.69 bits per heavy atom. The van der Waals surface area contributed by atoms with Crippen LogP contribution in [0.5, 0.6) is 0 Å². The minimum atomic E-state index is -1.04. The maximum Gasteiger partial charge on any atom is 0.407 e. The molecular formula is C27H32N2O6. The van der Waals surface area contributed by atoms with Crippen LogP contribution in [0.4, 0.5) is 4.79 Å². The summed E-state index contributed by atoms with van der Waals surface area (Å²) < 4.78 is 10.9. The third kappa shape index (κ3) is 4.75. The van der Waals surface area contributed by atoms with E-state index in [1.54, 1.807) is 13.8 Å². The van der Waals surface area contributed by atoms with E-state index in [2.05, 4.69) is 22.8 Å². The van der Waals surface area contributed by atoms with E-state index in [-0.39, 0.29) is 12.5 Å². The molecule has 4 atom stereocenters. The number of fused-ring (bicyclic) bond motifs is 3. The van der Waals surface area contributed by atoms with Crippen LogP contribution in [0.2, 0.25) is 0 Å². The van der Waals surface area contributed by atoms with Gasteiger partial charge < -0.3 is 25.2 Å². The first kappa shape index (κ1) is 24.7. The number of alkyl carbamates (subject to hydrolysis) is 1. The highest BCUT2D eigenvalue weighted by molar-refractivity contribution is 5.87. The molecule has 2 amide bonds. The Kier molecular flexibility index (Phi) is 7.12. The molecule has 3 N–H and O–H groups in total. The van der Waals surface area contributed by atoms with E-state index >= 15 is 0 Å². The van der Waals surface area contributed by atoms with Crippen molar-refractivity contribution in [2.45, 2.75) is 57.2 Å². The fraction of sp³-hybridized carbons (Fsp3) is 0.444. The minimum Gasteiger partial charge on any atom is -0.481 e. The highest BCUT2D eigenvalue weighted by Gasteiger charge is 2.46. The number of benzene rings is 2. The van der Waals surface area contributed by atoms with Gasteiger partial charge in [0.1, 0.15) is 12.6 Å². The zero-order chi connectivity index (χ0) is 25.2. The number of carbonyl (C=O) groups excluding carboxylic acids is 2. The lowest BCUT2D eigenvalue weighted by Crippen LogP contribution is -2.57. The Hall–Kier alpha value is -3.39. The molecule has 186 valence electrons. The van der Waals surface area contributed by atoms with Gasteiger partial charge in [-0.25, -0.2) is 4.79 Å². The second-order valence-corrected chi connectivity index (χ2v) is 9.56. The zero-order valence-corrected chi connectivity index (χ0v) is 20.2. The summed E-state index contributed by atoms with van der Waals surface area (Å²) in [5, 5.41) is 15.1. The summed E-state index contributed by atoms with van der Waals surface area (Å²) in [6, 6.07) is 14.5. The molecule has 0 bridgehead atoms. The van der Waals surface area contributed by atoms with Crippen LogP contribution < -0.4 is 10.6 Å². The van der Waals surface area contributed by atoms with Gasteiger partial charge >= 0.3 is 12.1 Å². The first-order valence-electron chi connectivity index (χ1n) is 11.9. The van der Waals surface area contributed by atoms with Gasteiger partial charge in [-0.15, -0.1) is 0 Å². The van der Waals surface area contributed by atoms with E-state index in [1.807, 2.05) is 36.4 Å². The molecule has 4 unspecified atom stereocenters. The molecule has 2 aromatic rings. The molecular weight excluding hydrogens is 448 g/mol. The van der Waals surface area contributed by atoms with Gasteiger partial charge in [0.2, 0.25) is 5.91 Å². The second-order valence-electron chi connectivity index (χ2n) is 9.56. The summed E-state index contributed by atoms with van der Waals surface area (Å²) in [4.78, 5) is 37.6. The Balaban J connectivity index is 1.43. The molecule has 1 fully saturated rings. The lowest BCUT2D eigenvalue weighted by molar-refractivity contribution is -0.149. The minimum absolute atomic E-state index is 0.102. The van der Waals surface area contributed by atoms with Gasteiger partial charge in [-0.3, -0.25) is 9.59 Å². The van der Waals surface area contributed by atoms with Crippen molar-refractivity contribution in [3.05, 3.63) is 59.7 Å². The number of amides is 2. The molecule has 4 rings (SSSR count). The van der Waals surface area contributed by atoms with Crippen LogP contribution in [-0.2, 0) is 19.1 Å². The quantitative estimate of drug-likeness (QED) is 0.531. The smallest absolute Gasteiger partial charge is 0.407 e. The lowest BCUT2D eigenvalue weighted by Gasteiger charge is -2.30. The van der Waals surface area contributed by atoms with Crippen molar-refractivity contribution in [3.63, 3.8) is 0 Å². The first-order chi connectivity index (χ1) is 16.8. The van der Waals surface area contributed by atoms with Crippen molar-refractivity contribution in [3.8, 4) is 11.1 Å². The molecule has 0 aromatic heterocycles. The third-order valence-corrected chi connectivity index (χ3v) is 7.50. The summed E-state index contributed by atoms with van der Waals surface area (Å²) in [6.45, 7) is 3.43. The van der Waals surface area contributed by atoms with Crippen molar-refractivity contribution in [2.24, 2.45) is 5.41 Å². The second kappa shape index (κ2) is 10.1. The van der Waals surface area contributed by atoms with Crippen molar-refractivity contribution in [2.75, 3.05) is 13.7 Å². The molecule has 2 aliphatic rings. The van der Waals surface area contributed by atoms with Crippen molar-refractivity contribution in [1.82, 2.24) is 10.6 Å². The maximum absolute atomic E-state index is 13.1. The Labute approximate surface area is 205 Å². The van der Waals surface area contributed by atoms with Crippen molar-refractivity contribution in [1.29, 1.82) is 0 Å². The van der Waals surface area contributed by atoms with E-state index in [9.17, 15) is 19.5 Å². The molecule has 1 saturated carbocycles. The summed E-state index contributed by atoms with van der Waals surface area (Å²) in [5.41, 5.74) is 3.40. The van der Waals surface area contributed by atoms with Gasteiger partial charge in [0.15, 0.2) is 0 Å². The molecule has 0 radical (unpaired) electrons. The van der Waals surface area contributed by atoms with Crippen LogP contribution in [0.3, 0.4) is 0 Å². The van der Waals surface area contributed by atoms with Crippen LogP contribution in [0.15, 0.2) is 48.5 Å². The summed E-state index contributed by atoms with van der Waals surface area (Å²) in [6.07, 6.45) is 0.375. The van der Waals surface area contributed by atoms with Gasteiger partial charge in [0.05, 0.1) is 11.5 Å². The number of methoxy groups -OCH3 is 1.